The highest BCUT2D eigenvalue weighted by Gasteiger charge is 2.28. The molecule has 0 radical (unpaired) electrons. The van der Waals surface area contributed by atoms with Crippen molar-refractivity contribution in [2.45, 2.75) is 277 Å². The van der Waals surface area contributed by atoms with Crippen LogP contribution in [0.4, 0.5) is 0 Å². The lowest BCUT2D eigenvalue weighted by Gasteiger charge is -2.21. The summed E-state index contributed by atoms with van der Waals surface area (Å²) in [7, 11) is -4.77. The van der Waals surface area contributed by atoms with Crippen molar-refractivity contribution in [3.63, 3.8) is 0 Å². The van der Waals surface area contributed by atoms with Crippen LogP contribution in [0, 0.1) is 0 Å². The van der Waals surface area contributed by atoms with Gasteiger partial charge in [0, 0.05) is 19.3 Å². The third-order valence-corrected chi connectivity index (χ3v) is 13.8. The van der Waals surface area contributed by atoms with Gasteiger partial charge in [-0.1, -0.05) is 241 Å². The monoisotopic (exact) mass is 1090 g/mol. The van der Waals surface area contributed by atoms with Crippen molar-refractivity contribution in [1.29, 1.82) is 0 Å². The lowest BCUT2D eigenvalue weighted by atomic mass is 10.0. The molecule has 438 valence electrons. The maximum atomic E-state index is 12.9. The van der Waals surface area contributed by atoms with E-state index < -0.39 is 57.8 Å². The Morgan fingerprint density at radius 2 is 0.697 bits per heavy atom. The lowest BCUT2D eigenvalue weighted by Crippen LogP contribution is -2.30. The molecule has 11 nitrogen and oxygen atoms in total. The Kier molecular flexibility index (Phi) is 55.3. The number of carbonyl (C=O) groups excluding carboxylic acids is 3. The fourth-order valence-corrected chi connectivity index (χ4v) is 8.97. The first-order chi connectivity index (χ1) is 37.2. The first-order valence-electron chi connectivity index (χ1n) is 30.5. The third kappa shape index (κ3) is 55.4. The molecule has 0 aromatic heterocycles. The van der Waals surface area contributed by atoms with E-state index in [0.717, 1.165) is 96.3 Å². The quantitative estimate of drug-likeness (QED) is 0.0197. The lowest BCUT2D eigenvalue weighted by molar-refractivity contribution is -0.161. The normalized spacial score (nSPS) is 13.9. The third-order valence-electron chi connectivity index (χ3n) is 12.8. The van der Waals surface area contributed by atoms with Gasteiger partial charge in [0.05, 0.1) is 19.8 Å². The molecule has 0 saturated heterocycles. The first-order valence-corrected chi connectivity index (χ1v) is 32.0. The molecule has 0 spiro atoms. The van der Waals surface area contributed by atoms with Crippen LogP contribution >= 0.6 is 7.82 Å². The standard InChI is InChI=1S/C64H111O11P/c1-4-7-10-13-16-19-22-25-28-30-33-35-38-41-44-47-50-53-62(66)71-57-61(75-64(68)55-52-49-46-43-40-37-34-31-29-26-23-20-17-14-11-8-5-2)59-73-76(69,70)72-58-60(56-65)74-63(67)54-51-48-45-42-39-36-32-27-24-21-18-15-12-9-6-3/h7,10,16,18-19,21,25,27-28,32-33,35,41,44,60-61,65H,4-6,8-9,11-15,17,20,22-24,26,29-31,34,36-40,42-43,45-59H2,1-3H3,(H,69,70)/b10-7-,19-16-,21-18-,28-25-,32-27-,35-33-,44-41-. The summed E-state index contributed by atoms with van der Waals surface area (Å²) >= 11 is 0. The molecule has 3 unspecified atom stereocenters. The second-order valence-corrected chi connectivity index (χ2v) is 21.6. The summed E-state index contributed by atoms with van der Waals surface area (Å²) < 4.78 is 39.5. The van der Waals surface area contributed by atoms with Crippen LogP contribution in [0.5, 0.6) is 0 Å². The number of ether oxygens (including phenoxy) is 3. The van der Waals surface area contributed by atoms with E-state index in [-0.39, 0.29) is 25.9 Å². The van der Waals surface area contributed by atoms with Gasteiger partial charge in [0.2, 0.25) is 0 Å². The zero-order valence-electron chi connectivity index (χ0n) is 48.5. The molecular formula is C64H111O11P. The van der Waals surface area contributed by atoms with Crippen molar-refractivity contribution in [2.24, 2.45) is 0 Å². The number of phosphoric ester groups is 1. The van der Waals surface area contributed by atoms with Gasteiger partial charge in [-0.15, -0.1) is 0 Å². The molecule has 0 saturated carbocycles. The predicted octanol–water partition coefficient (Wildman–Crippen LogP) is 18.3. The van der Waals surface area contributed by atoms with Crippen LogP contribution in [0.3, 0.4) is 0 Å². The molecule has 0 aromatic rings. The van der Waals surface area contributed by atoms with Gasteiger partial charge in [0.1, 0.15) is 12.7 Å². The van der Waals surface area contributed by atoms with E-state index in [9.17, 15) is 28.9 Å². The average Bonchev–Trinajstić information content (AvgIpc) is 3.41. The van der Waals surface area contributed by atoms with Gasteiger partial charge < -0.3 is 24.2 Å². The van der Waals surface area contributed by atoms with Crippen molar-refractivity contribution in [3.8, 4) is 0 Å². The van der Waals surface area contributed by atoms with Crippen molar-refractivity contribution in [3.05, 3.63) is 85.1 Å². The minimum atomic E-state index is -4.77. The van der Waals surface area contributed by atoms with Crippen molar-refractivity contribution < 1.29 is 52.2 Å². The minimum absolute atomic E-state index is 0.146. The molecule has 2 N–H and O–H groups in total. The van der Waals surface area contributed by atoms with Gasteiger partial charge >= 0.3 is 25.7 Å². The summed E-state index contributed by atoms with van der Waals surface area (Å²) in [5, 5.41) is 9.83. The van der Waals surface area contributed by atoms with E-state index in [1.165, 1.54) is 103 Å². The number of phosphoric acid groups is 1. The highest BCUT2D eigenvalue weighted by Crippen LogP contribution is 2.43. The number of allylic oxidation sites excluding steroid dienone is 14. The van der Waals surface area contributed by atoms with Crippen LogP contribution in [0.15, 0.2) is 85.1 Å². The predicted molar refractivity (Wildman–Crippen MR) is 316 cm³/mol. The van der Waals surface area contributed by atoms with E-state index in [2.05, 4.69) is 99.8 Å². The Balaban J connectivity index is 4.79. The van der Waals surface area contributed by atoms with Crippen molar-refractivity contribution in [2.75, 3.05) is 26.4 Å². The van der Waals surface area contributed by atoms with E-state index in [1.807, 2.05) is 6.08 Å². The van der Waals surface area contributed by atoms with Crippen LogP contribution in [0.25, 0.3) is 0 Å². The molecule has 0 amide bonds. The average molecular weight is 1090 g/mol. The highest BCUT2D eigenvalue weighted by atomic mass is 31.2. The SMILES string of the molecule is CC/C=C\C/C=C\C/C=C\C/C=C\C/C=C\CCCC(=O)OCC(COP(=O)(O)OCC(CO)OC(=O)CCCCCCC/C=C\C/C=C\CCCCC)OC(=O)CCCCCCCCCCCCCCCCCCC. The second kappa shape index (κ2) is 57.8. The topological polar surface area (TPSA) is 155 Å². The largest absolute Gasteiger partial charge is 0.472 e. The Morgan fingerprint density at radius 3 is 1.12 bits per heavy atom. The number of unbranched alkanes of at least 4 members (excludes halogenated alkanes) is 25. The van der Waals surface area contributed by atoms with Crippen LogP contribution in [0.1, 0.15) is 265 Å². The van der Waals surface area contributed by atoms with E-state index in [0.29, 0.717) is 25.7 Å². The first kappa shape index (κ1) is 72.7. The fourth-order valence-electron chi connectivity index (χ4n) is 8.19. The molecule has 12 heteroatoms. The Bertz CT molecular complexity index is 1600. The second-order valence-electron chi connectivity index (χ2n) is 20.1. The van der Waals surface area contributed by atoms with Crippen molar-refractivity contribution in [1.82, 2.24) is 0 Å². The summed E-state index contributed by atoms with van der Waals surface area (Å²) in [4.78, 5) is 48.6. The molecule has 0 aliphatic rings. The molecule has 0 fully saturated rings. The minimum Gasteiger partial charge on any atom is -0.462 e. The molecule has 0 bridgehead atoms. The summed E-state index contributed by atoms with van der Waals surface area (Å²) in [6.45, 7) is 4.45. The molecule has 0 heterocycles. The number of carbonyl (C=O) groups is 3. The number of aliphatic hydroxyl groups is 1. The molecule has 0 rings (SSSR count). The van der Waals surface area contributed by atoms with Crippen LogP contribution in [-0.2, 0) is 42.2 Å². The van der Waals surface area contributed by atoms with Gasteiger partial charge in [-0.2, -0.15) is 0 Å². The van der Waals surface area contributed by atoms with Gasteiger partial charge in [-0.05, 0) is 89.9 Å². The molecule has 0 aliphatic carbocycles. The Hall–Kier alpha value is -3.34. The zero-order chi connectivity index (χ0) is 55.5. The smallest absolute Gasteiger partial charge is 0.462 e. The number of esters is 3. The number of rotatable bonds is 56. The molecular weight excluding hydrogens is 976 g/mol. The fraction of sp³-hybridized carbons (Fsp3) is 0.734. The van der Waals surface area contributed by atoms with Gasteiger partial charge in [-0.25, -0.2) is 4.57 Å². The molecule has 0 aliphatic heterocycles. The zero-order valence-corrected chi connectivity index (χ0v) is 49.3. The van der Waals surface area contributed by atoms with Crippen LogP contribution in [-0.4, -0.2) is 66.5 Å². The Labute approximate surface area is 464 Å². The number of aliphatic hydroxyl groups excluding tert-OH is 1. The number of hydrogen-bond acceptors (Lipinski definition) is 10. The molecule has 3 atom stereocenters. The highest BCUT2D eigenvalue weighted by molar-refractivity contribution is 7.47. The molecule has 0 aromatic carbocycles. The molecule has 76 heavy (non-hydrogen) atoms. The van der Waals surface area contributed by atoms with Gasteiger partial charge in [0.15, 0.2) is 6.10 Å². The van der Waals surface area contributed by atoms with Gasteiger partial charge in [-0.3, -0.25) is 23.4 Å². The van der Waals surface area contributed by atoms with Crippen LogP contribution in [0.2, 0.25) is 0 Å². The van der Waals surface area contributed by atoms with Crippen LogP contribution < -0.4 is 0 Å². The summed E-state index contributed by atoms with van der Waals surface area (Å²) in [5.74, 6) is -1.54. The van der Waals surface area contributed by atoms with E-state index in [4.69, 9.17) is 23.3 Å². The maximum absolute atomic E-state index is 12.9. The van der Waals surface area contributed by atoms with Crippen molar-refractivity contribution >= 4 is 25.7 Å². The van der Waals surface area contributed by atoms with E-state index in [1.54, 1.807) is 0 Å². The number of hydrogen-bond donors (Lipinski definition) is 2. The summed E-state index contributed by atoms with van der Waals surface area (Å²) in [5.41, 5.74) is 0. The summed E-state index contributed by atoms with van der Waals surface area (Å²) in [6.07, 6.45) is 66.8. The summed E-state index contributed by atoms with van der Waals surface area (Å²) in [6, 6.07) is 0. The maximum Gasteiger partial charge on any atom is 0.472 e. The van der Waals surface area contributed by atoms with Gasteiger partial charge in [0.25, 0.3) is 0 Å². The Morgan fingerprint density at radius 1 is 0.382 bits per heavy atom. The van der Waals surface area contributed by atoms with E-state index >= 15 is 0 Å².